The minimum atomic E-state index is -0.395. The van der Waals surface area contributed by atoms with Crippen molar-refractivity contribution >= 4 is 38.4 Å². The first-order chi connectivity index (χ1) is 22.4. The zero-order chi connectivity index (χ0) is 33.1. The smallest absolute Gasteiger partial charge is 0.338 e. The lowest BCUT2D eigenvalue weighted by atomic mass is 9.90. The van der Waals surface area contributed by atoms with E-state index in [1.807, 2.05) is 31.2 Å². The first-order valence-corrected chi connectivity index (χ1v) is 17.5. The van der Waals surface area contributed by atoms with Crippen LogP contribution in [0, 0.1) is 5.92 Å². The molecule has 4 rings (SSSR count). The van der Waals surface area contributed by atoms with E-state index in [0.717, 1.165) is 70.6 Å². The van der Waals surface area contributed by atoms with E-state index in [0.29, 0.717) is 40.8 Å². The van der Waals surface area contributed by atoms with Crippen LogP contribution in [0.4, 0.5) is 5.69 Å². The van der Waals surface area contributed by atoms with Crippen molar-refractivity contribution in [1.29, 1.82) is 0 Å². The average Bonchev–Trinajstić information content (AvgIpc) is 3.08. The van der Waals surface area contributed by atoms with E-state index in [9.17, 15) is 9.59 Å². The van der Waals surface area contributed by atoms with Gasteiger partial charge >= 0.3 is 11.9 Å². The maximum absolute atomic E-state index is 13.6. The van der Waals surface area contributed by atoms with Gasteiger partial charge in [-0.25, -0.2) is 9.37 Å². The van der Waals surface area contributed by atoms with Crippen LogP contribution < -0.4 is 14.8 Å². The van der Waals surface area contributed by atoms with Gasteiger partial charge in [-0.05, 0) is 76.4 Å². The minimum absolute atomic E-state index is 0.210. The van der Waals surface area contributed by atoms with Crippen LogP contribution in [0.2, 0.25) is 6.04 Å². The number of carbonyl (C=O) groups excluding carboxylic acids is 2. The monoisotopic (exact) mass is 643 g/mol. The molecule has 2 aliphatic rings. The quantitative estimate of drug-likeness (QED) is 0.0444. The van der Waals surface area contributed by atoms with E-state index in [1.54, 1.807) is 7.11 Å². The van der Waals surface area contributed by atoms with Crippen LogP contribution in [0.1, 0.15) is 57.8 Å². The first-order valence-electron chi connectivity index (χ1n) is 16.4. The molecule has 0 aromatic heterocycles. The number of hydrogen-bond donors (Lipinski definition) is 0. The third-order valence-electron chi connectivity index (χ3n) is 8.37. The second-order valence-electron chi connectivity index (χ2n) is 11.2. The van der Waals surface area contributed by atoms with Gasteiger partial charge in [0.15, 0.2) is 0 Å². The van der Waals surface area contributed by atoms with Crippen molar-refractivity contribution in [2.24, 2.45) is 5.92 Å². The molecule has 0 N–H and O–H groups in total. The number of anilines is 1. The minimum Gasteiger partial charge on any atom is -0.466 e. The number of esters is 2. The molecule has 1 heterocycles. The number of benzene rings is 3. The Morgan fingerprint density at radius 1 is 0.913 bits per heavy atom. The molecule has 1 aliphatic heterocycles. The molecule has 0 amide bonds. The van der Waals surface area contributed by atoms with Crippen molar-refractivity contribution in [1.82, 2.24) is 4.58 Å². The summed E-state index contributed by atoms with van der Waals surface area (Å²) in [5.41, 5.74) is 4.99. The number of nitrogens with zero attached hydrogens (tertiary/aromatic N) is 2. The Balaban J connectivity index is 1.67. The van der Waals surface area contributed by atoms with Gasteiger partial charge in [0, 0.05) is 54.5 Å². The van der Waals surface area contributed by atoms with Crippen molar-refractivity contribution in [3.8, 4) is 22.5 Å². The van der Waals surface area contributed by atoms with E-state index >= 15 is 0 Å². The molecule has 46 heavy (non-hydrogen) atoms. The normalized spacial score (nSPS) is 11.9. The predicted molar refractivity (Wildman–Crippen MR) is 185 cm³/mol. The fourth-order valence-electron chi connectivity index (χ4n) is 5.80. The molecular formula is C37H47N2O6Si+. The van der Waals surface area contributed by atoms with Crippen molar-refractivity contribution in [3.63, 3.8) is 0 Å². The molecule has 0 fully saturated rings. The van der Waals surface area contributed by atoms with Crippen LogP contribution in [-0.2, 0) is 18.7 Å². The van der Waals surface area contributed by atoms with E-state index in [1.165, 1.54) is 0 Å². The van der Waals surface area contributed by atoms with Gasteiger partial charge in [-0.1, -0.05) is 25.1 Å². The Kier molecular flexibility index (Phi) is 13.0. The van der Waals surface area contributed by atoms with Gasteiger partial charge in [0.25, 0.3) is 0 Å². The molecule has 1 unspecified atom stereocenters. The molecule has 0 bridgehead atoms. The highest BCUT2D eigenvalue weighted by atomic mass is 28.2. The summed E-state index contributed by atoms with van der Waals surface area (Å²) in [5, 5.41) is 2.02. The number of fused-ring (bicyclic) bond motifs is 2. The van der Waals surface area contributed by atoms with Gasteiger partial charge in [0.05, 0.1) is 30.8 Å². The summed E-state index contributed by atoms with van der Waals surface area (Å²) in [5.74, 6) is -0.146. The summed E-state index contributed by atoms with van der Waals surface area (Å²) >= 11 is 0. The molecule has 244 valence electrons. The van der Waals surface area contributed by atoms with Crippen molar-refractivity contribution in [2.45, 2.75) is 53.5 Å². The molecule has 0 saturated heterocycles. The molecule has 2 aromatic rings. The Morgan fingerprint density at radius 3 is 2.39 bits per heavy atom. The Labute approximate surface area is 275 Å². The maximum Gasteiger partial charge on any atom is 0.338 e. The van der Waals surface area contributed by atoms with Crippen LogP contribution in [-0.4, -0.2) is 68.2 Å². The lowest BCUT2D eigenvalue weighted by molar-refractivity contribution is -0.147. The Hall–Kier alpha value is -3.95. The average molecular weight is 644 g/mol. The van der Waals surface area contributed by atoms with Gasteiger partial charge < -0.3 is 23.2 Å². The number of rotatable bonds is 16. The van der Waals surface area contributed by atoms with Crippen LogP contribution in [0.3, 0.4) is 0 Å². The third kappa shape index (κ3) is 8.25. The summed E-state index contributed by atoms with van der Waals surface area (Å²) < 4.78 is 25.0. The molecule has 2 radical (unpaired) electrons. The van der Waals surface area contributed by atoms with Gasteiger partial charge in [-0.3, -0.25) is 4.79 Å². The van der Waals surface area contributed by atoms with Gasteiger partial charge in [-0.2, -0.15) is 0 Å². The van der Waals surface area contributed by atoms with E-state index in [-0.39, 0.29) is 18.5 Å². The second kappa shape index (κ2) is 17.1. The number of hydrogen-bond acceptors (Lipinski definition) is 7. The summed E-state index contributed by atoms with van der Waals surface area (Å²) in [6.07, 6.45) is 1.13. The highest BCUT2D eigenvalue weighted by Gasteiger charge is 2.23. The Bertz CT molecular complexity index is 1660. The van der Waals surface area contributed by atoms with Crippen molar-refractivity contribution in [2.75, 3.05) is 51.4 Å². The molecule has 1 atom stereocenters. The van der Waals surface area contributed by atoms with Gasteiger partial charge in [-0.15, -0.1) is 0 Å². The SMILES string of the molecule is CCN(CC)c1ccc2c(-c3ccccc3C(=O)OCCCC(C)C(=O)OCC[Si]OC)c3ccc(=[N+](CC)CC)cc-3oc2c1. The molecule has 1 aliphatic carbocycles. The highest BCUT2D eigenvalue weighted by Crippen LogP contribution is 2.42. The molecule has 0 spiro atoms. The maximum atomic E-state index is 13.6. The molecule has 0 saturated carbocycles. The summed E-state index contributed by atoms with van der Waals surface area (Å²) in [4.78, 5) is 28.1. The van der Waals surface area contributed by atoms with Crippen molar-refractivity contribution in [3.05, 3.63) is 71.6 Å². The molecule has 2 aromatic carbocycles. The van der Waals surface area contributed by atoms with E-state index in [2.05, 4.69) is 73.6 Å². The number of carbonyl (C=O) groups is 2. The first kappa shape index (κ1) is 34.9. The van der Waals surface area contributed by atoms with Crippen LogP contribution in [0.15, 0.2) is 65.1 Å². The lowest BCUT2D eigenvalue weighted by Crippen LogP contribution is -2.29. The largest absolute Gasteiger partial charge is 0.466 e. The molecule has 9 heteroatoms. The molecular weight excluding hydrogens is 597 g/mol. The van der Waals surface area contributed by atoms with Crippen LogP contribution in [0.5, 0.6) is 0 Å². The highest BCUT2D eigenvalue weighted by molar-refractivity contribution is 6.27. The van der Waals surface area contributed by atoms with Crippen molar-refractivity contribution < 1.29 is 27.9 Å². The standard InChI is InChI=1S/C37H47N2O6Si/c1-7-38(8-2)27-17-19-31-33(24-27)45-34-25-28(39(9-3)10-4)18-20-32(34)35(31)29-15-11-12-16-30(29)37(41)43-21-13-14-26(5)36(40)44-22-23-46-42-6/h11-12,15-20,24-26H,7-10,13-14,21-23H2,1-6H3/q+1. The fourth-order valence-corrected chi connectivity index (χ4v) is 6.18. The summed E-state index contributed by atoms with van der Waals surface area (Å²) in [6, 6.07) is 20.9. The zero-order valence-corrected chi connectivity index (χ0v) is 29.1. The fraction of sp³-hybridized carbons (Fsp3) is 0.432. The van der Waals surface area contributed by atoms with Crippen LogP contribution in [0.25, 0.3) is 33.4 Å². The Morgan fingerprint density at radius 2 is 1.67 bits per heavy atom. The zero-order valence-electron chi connectivity index (χ0n) is 28.1. The summed E-state index contributed by atoms with van der Waals surface area (Å²) in [6.45, 7) is 14.5. The second-order valence-corrected chi connectivity index (χ2v) is 12.4. The predicted octanol–water partition coefficient (Wildman–Crippen LogP) is 6.66. The van der Waals surface area contributed by atoms with Gasteiger partial charge in [0.2, 0.25) is 15.1 Å². The third-order valence-corrected chi connectivity index (χ3v) is 9.07. The topological polar surface area (TPSA) is 81.2 Å². The van der Waals surface area contributed by atoms with E-state index in [4.69, 9.17) is 18.3 Å². The van der Waals surface area contributed by atoms with Crippen LogP contribution >= 0.6 is 0 Å². The molecule has 8 nitrogen and oxygen atoms in total. The summed E-state index contributed by atoms with van der Waals surface area (Å²) in [7, 11) is 1.95. The van der Waals surface area contributed by atoms with E-state index < -0.39 is 5.97 Å². The van der Waals surface area contributed by atoms with Gasteiger partial charge in [0.1, 0.15) is 24.4 Å². The lowest BCUT2D eigenvalue weighted by Gasteiger charge is -2.22. The number of ether oxygens (including phenoxy) is 2.